The fourth-order valence-electron chi connectivity index (χ4n) is 3.02. The Bertz CT molecular complexity index is 1050. The van der Waals surface area contributed by atoms with Gasteiger partial charge in [0.15, 0.2) is 11.5 Å². The number of halogens is 3. The quantitative estimate of drug-likeness (QED) is 0.633. The van der Waals surface area contributed by atoms with Gasteiger partial charge in [-0.3, -0.25) is 4.79 Å². The van der Waals surface area contributed by atoms with Crippen molar-refractivity contribution in [2.75, 3.05) is 5.32 Å². The molecule has 0 atom stereocenters. The topological polar surface area (TPSA) is 52.5 Å². The number of ether oxygens (including phenoxy) is 2. The molecule has 0 saturated carbocycles. The van der Waals surface area contributed by atoms with Crippen LogP contribution in [-0.2, 0) is 6.54 Å². The highest BCUT2D eigenvalue weighted by Crippen LogP contribution is 2.46. The van der Waals surface area contributed by atoms with Crippen molar-refractivity contribution >= 4 is 23.2 Å². The lowest BCUT2D eigenvalue weighted by atomic mass is 10.0. The van der Waals surface area contributed by atoms with E-state index in [1.165, 1.54) is 12.1 Å². The van der Waals surface area contributed by atoms with Crippen LogP contribution in [0.25, 0.3) is 11.1 Å². The van der Waals surface area contributed by atoms with Crippen LogP contribution in [0.4, 0.5) is 14.5 Å². The summed E-state index contributed by atoms with van der Waals surface area (Å²) in [4.78, 5) is 12.4. The first-order valence-corrected chi connectivity index (χ1v) is 8.90. The molecule has 5 nitrogen and oxygen atoms in total. The monoisotopic (exact) mass is 404 g/mol. The van der Waals surface area contributed by atoms with Crippen molar-refractivity contribution in [1.29, 1.82) is 0 Å². The highest BCUT2D eigenvalue weighted by atomic mass is 35.5. The maximum Gasteiger partial charge on any atom is 0.586 e. The molecule has 0 aliphatic carbocycles. The number of aryl methyl sites for hydroxylation is 1. The van der Waals surface area contributed by atoms with Gasteiger partial charge < -0.3 is 19.4 Å². The van der Waals surface area contributed by atoms with Crippen LogP contribution in [-0.4, -0.2) is 16.8 Å². The average Bonchev–Trinajstić information content (AvgIpc) is 3.24. The van der Waals surface area contributed by atoms with E-state index in [4.69, 9.17) is 11.6 Å². The van der Waals surface area contributed by atoms with Gasteiger partial charge in [-0.2, -0.15) is 0 Å². The summed E-state index contributed by atoms with van der Waals surface area (Å²) in [6.45, 7) is 2.65. The molecule has 0 radical (unpaired) electrons. The van der Waals surface area contributed by atoms with Crippen molar-refractivity contribution < 1.29 is 23.0 Å². The lowest BCUT2D eigenvalue weighted by molar-refractivity contribution is -0.286. The van der Waals surface area contributed by atoms with Gasteiger partial charge >= 0.3 is 6.29 Å². The predicted molar refractivity (Wildman–Crippen MR) is 101 cm³/mol. The second kappa shape index (κ2) is 6.83. The maximum absolute atomic E-state index is 13.2. The van der Waals surface area contributed by atoms with Gasteiger partial charge in [0.05, 0.1) is 5.02 Å². The van der Waals surface area contributed by atoms with E-state index in [1.807, 2.05) is 23.8 Å². The first-order valence-electron chi connectivity index (χ1n) is 8.52. The summed E-state index contributed by atoms with van der Waals surface area (Å²) in [5, 5.41) is 3.08. The number of nitrogens with one attached hydrogen (secondary N) is 1. The zero-order chi connectivity index (χ0) is 19.9. The van der Waals surface area contributed by atoms with E-state index >= 15 is 0 Å². The number of nitrogens with zero attached hydrogens (tertiary/aromatic N) is 1. The summed E-state index contributed by atoms with van der Waals surface area (Å²) >= 11 is 6.21. The number of benzene rings is 2. The van der Waals surface area contributed by atoms with E-state index in [0.29, 0.717) is 29.1 Å². The highest BCUT2D eigenvalue weighted by molar-refractivity contribution is 6.33. The third kappa shape index (κ3) is 3.41. The second-order valence-electron chi connectivity index (χ2n) is 6.16. The van der Waals surface area contributed by atoms with Gasteiger partial charge in [-0.05, 0) is 42.8 Å². The molecule has 4 rings (SSSR count). The summed E-state index contributed by atoms with van der Waals surface area (Å²) in [6.07, 6.45) is -1.86. The fourth-order valence-corrected chi connectivity index (χ4v) is 3.28. The number of carbonyl (C=O) groups excluding carboxylic acids is 1. The van der Waals surface area contributed by atoms with Crippen LogP contribution in [0.3, 0.4) is 0 Å². The Labute approximate surface area is 164 Å². The molecule has 3 aromatic rings. The van der Waals surface area contributed by atoms with Gasteiger partial charge in [-0.25, -0.2) is 0 Å². The largest absolute Gasteiger partial charge is 0.586 e. The second-order valence-corrected chi connectivity index (χ2v) is 6.56. The van der Waals surface area contributed by atoms with Crippen LogP contribution in [0.5, 0.6) is 11.5 Å². The van der Waals surface area contributed by atoms with E-state index < -0.39 is 6.29 Å². The van der Waals surface area contributed by atoms with Gasteiger partial charge in [0.25, 0.3) is 5.91 Å². The Kier molecular flexibility index (Phi) is 4.47. The van der Waals surface area contributed by atoms with Crippen LogP contribution < -0.4 is 14.8 Å². The number of anilines is 1. The van der Waals surface area contributed by atoms with Crippen molar-refractivity contribution in [2.24, 2.45) is 0 Å². The van der Waals surface area contributed by atoms with Crippen molar-refractivity contribution in [1.82, 2.24) is 4.57 Å². The van der Waals surface area contributed by atoms with Crippen molar-refractivity contribution in [3.63, 3.8) is 0 Å². The standard InChI is InChI=1S/C20H15ClF2N2O3/c1-2-25-9-3-4-16(25)19(26)24-13-7-5-12(6-8-13)14-10-17-18(11-15(14)21)28-20(22,23)27-17/h3-11H,2H2,1H3,(H,24,26). The van der Waals surface area contributed by atoms with E-state index in [2.05, 4.69) is 14.8 Å². The Balaban J connectivity index is 1.55. The SMILES string of the molecule is CCn1cccc1C(=O)Nc1ccc(-c2cc3c(cc2Cl)OC(F)(F)O3)cc1. The molecule has 0 saturated heterocycles. The van der Waals surface area contributed by atoms with Gasteiger partial charge in [0.2, 0.25) is 0 Å². The molecule has 1 aliphatic heterocycles. The smallest absolute Gasteiger partial charge is 0.395 e. The van der Waals surface area contributed by atoms with Crippen LogP contribution in [0.15, 0.2) is 54.7 Å². The lowest BCUT2D eigenvalue weighted by Gasteiger charge is -2.10. The van der Waals surface area contributed by atoms with Crippen LogP contribution in [0.1, 0.15) is 17.4 Å². The summed E-state index contributed by atoms with van der Waals surface area (Å²) in [7, 11) is 0. The molecule has 1 N–H and O–H groups in total. The Morgan fingerprint density at radius 3 is 2.50 bits per heavy atom. The van der Waals surface area contributed by atoms with Gasteiger partial charge in [-0.15, -0.1) is 8.78 Å². The zero-order valence-electron chi connectivity index (χ0n) is 14.7. The van der Waals surface area contributed by atoms with E-state index in [0.717, 1.165) is 0 Å². The van der Waals surface area contributed by atoms with Crippen LogP contribution in [0, 0.1) is 0 Å². The number of carbonyl (C=O) groups is 1. The number of hydrogen-bond donors (Lipinski definition) is 1. The van der Waals surface area contributed by atoms with Crippen molar-refractivity contribution in [2.45, 2.75) is 19.8 Å². The first-order chi connectivity index (χ1) is 13.4. The molecule has 2 aromatic carbocycles. The third-order valence-electron chi connectivity index (χ3n) is 4.35. The van der Waals surface area contributed by atoms with E-state index in [1.54, 1.807) is 30.3 Å². The minimum absolute atomic E-state index is 0.0814. The molecule has 0 unspecified atom stereocenters. The zero-order valence-corrected chi connectivity index (χ0v) is 15.5. The first kappa shape index (κ1) is 18.3. The molecule has 1 aromatic heterocycles. The molecule has 8 heteroatoms. The highest BCUT2D eigenvalue weighted by Gasteiger charge is 2.43. The normalized spacial score (nSPS) is 14.1. The molecule has 2 heterocycles. The summed E-state index contributed by atoms with van der Waals surface area (Å²) < 4.78 is 37.1. The Morgan fingerprint density at radius 1 is 1.14 bits per heavy atom. The third-order valence-corrected chi connectivity index (χ3v) is 4.66. The Morgan fingerprint density at radius 2 is 1.82 bits per heavy atom. The van der Waals surface area contributed by atoms with Gasteiger partial charge in [-0.1, -0.05) is 23.7 Å². The van der Waals surface area contributed by atoms with Crippen LogP contribution >= 0.6 is 11.6 Å². The minimum Gasteiger partial charge on any atom is -0.395 e. The Hall–Kier alpha value is -3.06. The van der Waals surface area contributed by atoms with Crippen molar-refractivity contribution in [3.05, 3.63) is 65.4 Å². The lowest BCUT2D eigenvalue weighted by Crippen LogP contribution is -2.25. The molecular weight excluding hydrogens is 390 g/mol. The van der Waals surface area contributed by atoms with E-state index in [9.17, 15) is 13.6 Å². The molecule has 0 spiro atoms. The minimum atomic E-state index is -3.70. The summed E-state index contributed by atoms with van der Waals surface area (Å²) in [5.74, 6) is -0.411. The molecule has 1 aliphatic rings. The number of amides is 1. The average molecular weight is 405 g/mol. The molecule has 144 valence electrons. The fraction of sp³-hybridized carbons (Fsp3) is 0.150. The molecule has 0 fully saturated rings. The van der Waals surface area contributed by atoms with Gasteiger partial charge in [0.1, 0.15) is 5.69 Å². The molecule has 28 heavy (non-hydrogen) atoms. The van der Waals surface area contributed by atoms with Crippen LogP contribution in [0.2, 0.25) is 5.02 Å². The van der Waals surface area contributed by atoms with E-state index in [-0.39, 0.29) is 22.4 Å². The number of aromatic nitrogens is 1. The van der Waals surface area contributed by atoms with Crippen molar-refractivity contribution in [3.8, 4) is 22.6 Å². The molecular formula is C20H15ClF2N2O3. The molecule has 1 amide bonds. The maximum atomic E-state index is 13.2. The predicted octanol–water partition coefficient (Wildman–Crippen LogP) is 5.40. The summed E-state index contributed by atoms with van der Waals surface area (Å²) in [5.41, 5.74) is 2.35. The number of fused-ring (bicyclic) bond motifs is 1. The number of rotatable bonds is 4. The molecule has 0 bridgehead atoms. The number of hydrogen-bond acceptors (Lipinski definition) is 3. The summed E-state index contributed by atoms with van der Waals surface area (Å²) in [6, 6.07) is 13.1. The number of alkyl halides is 2. The van der Waals surface area contributed by atoms with Gasteiger partial charge in [0, 0.05) is 30.1 Å².